The zero-order chi connectivity index (χ0) is 29.0. The van der Waals surface area contributed by atoms with Crippen LogP contribution in [0.25, 0.3) is 0 Å². The van der Waals surface area contributed by atoms with E-state index in [4.69, 9.17) is 19.9 Å². The lowest BCUT2D eigenvalue weighted by Gasteiger charge is -2.36. The molecule has 0 radical (unpaired) electrons. The molecule has 0 saturated carbocycles. The number of carbonyl (C=O) groups excluding carboxylic acids is 1. The smallest absolute Gasteiger partial charge is 0.160 e. The van der Waals surface area contributed by atoms with Crippen molar-refractivity contribution in [1.82, 2.24) is 5.32 Å². The minimum absolute atomic E-state index is 0.0920. The zero-order valence-electron chi connectivity index (χ0n) is 24.3. The van der Waals surface area contributed by atoms with E-state index in [1.54, 1.807) is 26.0 Å². The Labute approximate surface area is 243 Å². The number of hydrogen-bond acceptors (Lipinski definition) is 8. The number of methoxy groups -OCH3 is 2. The van der Waals surface area contributed by atoms with Gasteiger partial charge in [0.2, 0.25) is 0 Å². The van der Waals surface area contributed by atoms with E-state index in [-0.39, 0.29) is 5.37 Å². The van der Waals surface area contributed by atoms with Crippen LogP contribution in [0.1, 0.15) is 42.3 Å². The Morgan fingerprint density at radius 3 is 2.40 bits per heavy atom. The highest BCUT2D eigenvalue weighted by molar-refractivity contribution is 8.01. The monoisotopic (exact) mass is 565 g/mol. The van der Waals surface area contributed by atoms with Crippen LogP contribution in [0.15, 0.2) is 66.7 Å². The molecule has 3 aromatic rings. The fourth-order valence-corrected chi connectivity index (χ4v) is 5.79. The van der Waals surface area contributed by atoms with E-state index in [1.165, 1.54) is 0 Å². The highest BCUT2D eigenvalue weighted by Crippen LogP contribution is 2.43. The summed E-state index contributed by atoms with van der Waals surface area (Å²) in [7, 11) is 5.34. The third kappa shape index (κ3) is 8.65. The van der Waals surface area contributed by atoms with Gasteiger partial charge in [0.1, 0.15) is 17.4 Å². The number of aldehydes is 1. The van der Waals surface area contributed by atoms with Gasteiger partial charge in [0.25, 0.3) is 0 Å². The Morgan fingerprint density at radius 1 is 1.00 bits per heavy atom. The molecule has 0 saturated heterocycles. The molecule has 0 spiro atoms. The summed E-state index contributed by atoms with van der Waals surface area (Å²) in [4.78, 5) is 14.7. The quantitative estimate of drug-likeness (QED) is 0.124. The summed E-state index contributed by atoms with van der Waals surface area (Å²) < 4.78 is 15.8. The van der Waals surface area contributed by atoms with Gasteiger partial charge in [-0.25, -0.2) is 0 Å². The molecule has 8 heteroatoms. The number of carbonyl (C=O) groups is 1. The Morgan fingerprint density at radius 2 is 1.75 bits per heavy atom. The number of rotatable bonds is 17. The second-order valence-corrected chi connectivity index (χ2v) is 11.4. The molecule has 7 nitrogen and oxygen atoms in total. The van der Waals surface area contributed by atoms with E-state index < -0.39 is 4.75 Å². The van der Waals surface area contributed by atoms with Gasteiger partial charge in [-0.05, 0) is 92.9 Å². The Bertz CT molecular complexity index is 1210. The van der Waals surface area contributed by atoms with Crippen LogP contribution < -0.4 is 30.2 Å². The van der Waals surface area contributed by atoms with Gasteiger partial charge in [-0.15, -0.1) is 11.8 Å². The zero-order valence-corrected chi connectivity index (χ0v) is 25.1. The molecule has 0 aromatic heterocycles. The first-order valence-electron chi connectivity index (χ1n) is 13.7. The maximum Gasteiger partial charge on any atom is 0.160 e. The largest absolute Gasteiger partial charge is 0.494 e. The summed E-state index contributed by atoms with van der Waals surface area (Å²) in [5, 5.41) is 3.42. The first-order chi connectivity index (χ1) is 19.4. The summed E-state index contributed by atoms with van der Waals surface area (Å²) in [6, 6.07) is 22.4. The summed E-state index contributed by atoms with van der Waals surface area (Å²) >= 11 is 1.66. The fraction of sp³-hybridized carbons (Fsp3) is 0.406. The van der Waals surface area contributed by atoms with Crippen molar-refractivity contribution in [3.05, 3.63) is 83.4 Å². The van der Waals surface area contributed by atoms with Gasteiger partial charge in [-0.2, -0.15) is 0 Å². The van der Waals surface area contributed by atoms with Crippen molar-refractivity contribution in [2.24, 2.45) is 5.73 Å². The maximum absolute atomic E-state index is 12.5. The van der Waals surface area contributed by atoms with Crippen LogP contribution in [0.5, 0.6) is 17.2 Å². The van der Waals surface area contributed by atoms with Crippen molar-refractivity contribution >= 4 is 23.7 Å². The number of anilines is 1. The molecule has 216 valence electrons. The molecule has 1 unspecified atom stereocenters. The number of thioether (sulfide) groups is 1. The molecule has 0 aliphatic heterocycles. The SMILES string of the molecule is CCOc1ccc(C(S[C@@](C)(C=O)CCNCCc2ccc(OC)c(OC)c2)N(C)c2cccc(CN)c2)cc1. The molecule has 3 aromatic carbocycles. The number of benzene rings is 3. The Hall–Kier alpha value is -3.20. The van der Waals surface area contributed by atoms with Crippen LogP contribution in [0.2, 0.25) is 0 Å². The predicted octanol–water partition coefficient (Wildman–Crippen LogP) is 5.61. The standard InChI is InChI=1S/C32H43N3O4S/c1-6-39-28-13-11-26(12-14-28)31(35(3)27-9-7-8-25(20-27)22-33)40-32(2,23-36)17-19-34-18-16-24-10-15-29(37-4)30(21-24)38-5/h7-15,20-21,23,31,34H,6,16-19,22,33H2,1-5H3/t31?,32-/m1/s1. The topological polar surface area (TPSA) is 86.1 Å². The third-order valence-corrected chi connectivity index (χ3v) is 8.50. The van der Waals surface area contributed by atoms with Gasteiger partial charge in [0, 0.05) is 19.3 Å². The van der Waals surface area contributed by atoms with Gasteiger partial charge in [-0.3, -0.25) is 0 Å². The van der Waals surface area contributed by atoms with Gasteiger partial charge < -0.3 is 35.0 Å². The summed E-state index contributed by atoms with van der Waals surface area (Å²) in [5.41, 5.74) is 10.3. The molecule has 2 atom stereocenters. The lowest BCUT2D eigenvalue weighted by atomic mass is 10.1. The average molecular weight is 566 g/mol. The highest BCUT2D eigenvalue weighted by Gasteiger charge is 2.31. The summed E-state index contributed by atoms with van der Waals surface area (Å²) in [6.45, 7) is 6.60. The van der Waals surface area contributed by atoms with E-state index >= 15 is 0 Å². The van der Waals surface area contributed by atoms with Crippen molar-refractivity contribution in [3.8, 4) is 17.2 Å². The molecule has 0 amide bonds. The fourth-order valence-electron chi connectivity index (χ4n) is 4.44. The predicted molar refractivity (Wildman–Crippen MR) is 166 cm³/mol. The number of nitrogens with one attached hydrogen (secondary N) is 1. The lowest BCUT2D eigenvalue weighted by Crippen LogP contribution is -2.33. The minimum atomic E-state index is -0.598. The van der Waals surface area contributed by atoms with E-state index in [0.717, 1.165) is 65.4 Å². The van der Waals surface area contributed by atoms with Crippen LogP contribution in [0.3, 0.4) is 0 Å². The first-order valence-corrected chi connectivity index (χ1v) is 14.5. The van der Waals surface area contributed by atoms with Gasteiger partial charge in [0.15, 0.2) is 11.5 Å². The van der Waals surface area contributed by atoms with Crippen LogP contribution >= 0.6 is 11.8 Å². The number of nitrogens with zero attached hydrogens (tertiary/aromatic N) is 1. The molecule has 3 rings (SSSR count). The molecular formula is C32H43N3O4S. The van der Waals surface area contributed by atoms with Crippen molar-refractivity contribution in [2.75, 3.05) is 45.9 Å². The van der Waals surface area contributed by atoms with Crippen molar-refractivity contribution < 1.29 is 19.0 Å². The second-order valence-electron chi connectivity index (χ2n) is 9.83. The van der Waals surface area contributed by atoms with E-state index in [0.29, 0.717) is 19.6 Å². The third-order valence-electron chi connectivity index (χ3n) is 6.85. The summed E-state index contributed by atoms with van der Waals surface area (Å²) in [5.74, 6) is 2.28. The van der Waals surface area contributed by atoms with E-state index in [9.17, 15) is 4.79 Å². The molecule has 0 bridgehead atoms. The van der Waals surface area contributed by atoms with Crippen LogP contribution in [-0.4, -0.2) is 52.0 Å². The Balaban J connectivity index is 1.69. The first kappa shape index (κ1) is 31.3. The lowest BCUT2D eigenvalue weighted by molar-refractivity contribution is -0.109. The van der Waals surface area contributed by atoms with Crippen molar-refractivity contribution in [3.63, 3.8) is 0 Å². The molecule has 0 fully saturated rings. The molecule has 0 aliphatic carbocycles. The van der Waals surface area contributed by atoms with E-state index in [1.807, 2.05) is 56.3 Å². The number of nitrogens with two attached hydrogens (primary N) is 1. The second kappa shape index (κ2) is 15.6. The summed E-state index contributed by atoms with van der Waals surface area (Å²) in [6.07, 6.45) is 2.62. The van der Waals surface area contributed by atoms with Crippen LogP contribution in [0, 0.1) is 0 Å². The molecule has 40 heavy (non-hydrogen) atoms. The normalized spacial score (nSPS) is 13.2. The van der Waals surface area contributed by atoms with Crippen LogP contribution in [0.4, 0.5) is 5.69 Å². The van der Waals surface area contributed by atoms with E-state index in [2.05, 4.69) is 41.5 Å². The van der Waals surface area contributed by atoms with Crippen molar-refractivity contribution in [2.45, 2.75) is 43.4 Å². The molecule has 3 N–H and O–H groups in total. The van der Waals surface area contributed by atoms with Gasteiger partial charge in [0.05, 0.1) is 25.6 Å². The van der Waals surface area contributed by atoms with Gasteiger partial charge >= 0.3 is 0 Å². The molecule has 0 heterocycles. The van der Waals surface area contributed by atoms with Crippen molar-refractivity contribution in [1.29, 1.82) is 0 Å². The number of hydrogen-bond donors (Lipinski definition) is 2. The number of ether oxygens (including phenoxy) is 3. The molecule has 0 aliphatic rings. The van der Waals surface area contributed by atoms with Gasteiger partial charge in [-0.1, -0.05) is 30.3 Å². The highest BCUT2D eigenvalue weighted by atomic mass is 32.2. The minimum Gasteiger partial charge on any atom is -0.494 e. The average Bonchev–Trinajstić information content (AvgIpc) is 3.00. The Kier molecular flexibility index (Phi) is 12.2. The molecular weight excluding hydrogens is 522 g/mol. The maximum atomic E-state index is 12.5. The van der Waals surface area contributed by atoms with Crippen LogP contribution in [-0.2, 0) is 17.8 Å².